The number of benzene rings is 5. The Labute approximate surface area is 260 Å². The number of rotatable bonds is 6. The molecule has 0 aliphatic carbocycles. The van der Waals surface area contributed by atoms with Crippen LogP contribution in [0.1, 0.15) is 0 Å². The lowest BCUT2D eigenvalue weighted by molar-refractivity contribution is 1.07. The number of aromatic nitrogens is 6. The molecule has 0 aliphatic rings. The summed E-state index contributed by atoms with van der Waals surface area (Å²) in [4.78, 5) is 24.3. The molecule has 6 nitrogen and oxygen atoms in total. The van der Waals surface area contributed by atoms with Gasteiger partial charge in [-0.1, -0.05) is 109 Å². The van der Waals surface area contributed by atoms with Crippen LogP contribution in [-0.2, 0) is 0 Å². The lowest BCUT2D eigenvalue weighted by Gasteiger charge is -2.12. The second kappa shape index (κ2) is 11.4. The third-order valence-corrected chi connectivity index (χ3v) is 7.71. The molecule has 0 atom stereocenters. The van der Waals surface area contributed by atoms with Crippen molar-refractivity contribution in [2.45, 2.75) is 0 Å². The van der Waals surface area contributed by atoms with Crippen LogP contribution in [0, 0.1) is 0 Å². The lowest BCUT2D eigenvalue weighted by atomic mass is 10.0. The van der Waals surface area contributed by atoms with Gasteiger partial charge in [0.05, 0.1) is 11.0 Å². The van der Waals surface area contributed by atoms with E-state index in [2.05, 4.69) is 64.1 Å². The van der Waals surface area contributed by atoms with Gasteiger partial charge in [-0.3, -0.25) is 9.55 Å². The van der Waals surface area contributed by atoms with E-state index in [1.54, 1.807) is 6.20 Å². The maximum Gasteiger partial charge on any atom is 0.164 e. The normalized spacial score (nSPS) is 11.1. The molecule has 0 saturated heterocycles. The average Bonchev–Trinajstić information content (AvgIpc) is 3.53. The maximum atomic E-state index is 4.96. The minimum absolute atomic E-state index is 0.624. The fourth-order valence-corrected chi connectivity index (χ4v) is 5.55. The molecule has 0 bridgehead atoms. The van der Waals surface area contributed by atoms with Crippen LogP contribution in [0.4, 0.5) is 0 Å². The van der Waals surface area contributed by atoms with Gasteiger partial charge in [-0.15, -0.1) is 0 Å². The Morgan fingerprint density at radius 3 is 1.64 bits per heavy atom. The van der Waals surface area contributed by atoms with Gasteiger partial charge in [-0.05, 0) is 53.6 Å². The Morgan fingerprint density at radius 1 is 0.400 bits per heavy atom. The zero-order valence-electron chi connectivity index (χ0n) is 24.2. The number of imidazole rings is 1. The van der Waals surface area contributed by atoms with E-state index in [1.807, 2.05) is 97.1 Å². The van der Waals surface area contributed by atoms with Crippen molar-refractivity contribution in [3.05, 3.63) is 158 Å². The van der Waals surface area contributed by atoms with Gasteiger partial charge >= 0.3 is 0 Å². The van der Waals surface area contributed by atoms with E-state index < -0.39 is 0 Å². The Kier molecular flexibility index (Phi) is 6.70. The summed E-state index contributed by atoms with van der Waals surface area (Å²) < 4.78 is 2.18. The molecule has 0 fully saturated rings. The van der Waals surface area contributed by atoms with E-state index in [4.69, 9.17) is 19.9 Å². The smallest absolute Gasteiger partial charge is 0.164 e. The van der Waals surface area contributed by atoms with E-state index >= 15 is 0 Å². The maximum absolute atomic E-state index is 4.96. The highest BCUT2D eigenvalue weighted by molar-refractivity contribution is 5.83. The number of hydrogen-bond acceptors (Lipinski definition) is 5. The molecule has 212 valence electrons. The number of fused-ring (bicyclic) bond motifs is 1. The second-order valence-corrected chi connectivity index (χ2v) is 10.6. The lowest BCUT2D eigenvalue weighted by Crippen LogP contribution is -2.00. The minimum Gasteiger partial charge on any atom is -0.291 e. The SMILES string of the molecule is c1ccc(-c2nc(-c3ccccc3)nc(-c3cccc(-c4cccc(-n5c(-c6ccccn6)nc6ccccc65)c4)c3)n2)cc1. The van der Waals surface area contributed by atoms with E-state index in [0.717, 1.165) is 56.1 Å². The highest BCUT2D eigenvalue weighted by Gasteiger charge is 2.16. The largest absolute Gasteiger partial charge is 0.291 e. The van der Waals surface area contributed by atoms with Crippen molar-refractivity contribution in [2.75, 3.05) is 0 Å². The predicted octanol–water partition coefficient (Wildman–Crippen LogP) is 8.94. The van der Waals surface area contributed by atoms with Gasteiger partial charge in [0.1, 0.15) is 5.69 Å². The van der Waals surface area contributed by atoms with Gasteiger partial charge in [-0.25, -0.2) is 19.9 Å². The Bertz CT molecular complexity index is 2200. The highest BCUT2D eigenvalue weighted by Crippen LogP contribution is 2.32. The van der Waals surface area contributed by atoms with Crippen LogP contribution in [0.5, 0.6) is 0 Å². The number of nitrogens with zero attached hydrogens (tertiary/aromatic N) is 6. The predicted molar refractivity (Wildman–Crippen MR) is 179 cm³/mol. The summed E-state index contributed by atoms with van der Waals surface area (Å²) in [5, 5.41) is 0. The summed E-state index contributed by atoms with van der Waals surface area (Å²) in [6.45, 7) is 0. The zero-order valence-corrected chi connectivity index (χ0v) is 24.2. The van der Waals surface area contributed by atoms with E-state index in [0.29, 0.717) is 17.5 Å². The minimum atomic E-state index is 0.624. The molecular weight excluding hydrogens is 552 g/mol. The molecule has 0 radical (unpaired) electrons. The molecule has 5 aromatic carbocycles. The Balaban J connectivity index is 1.24. The van der Waals surface area contributed by atoms with Crippen molar-refractivity contribution in [1.82, 2.24) is 29.5 Å². The van der Waals surface area contributed by atoms with Crippen LogP contribution < -0.4 is 0 Å². The molecule has 8 aromatic rings. The van der Waals surface area contributed by atoms with Crippen molar-refractivity contribution in [3.8, 4) is 62.5 Å². The molecule has 0 saturated carbocycles. The number of para-hydroxylation sites is 2. The zero-order chi connectivity index (χ0) is 30.0. The van der Waals surface area contributed by atoms with Crippen molar-refractivity contribution in [2.24, 2.45) is 0 Å². The third-order valence-electron chi connectivity index (χ3n) is 7.71. The summed E-state index contributed by atoms with van der Waals surface area (Å²) >= 11 is 0. The van der Waals surface area contributed by atoms with Crippen LogP contribution >= 0.6 is 0 Å². The standard InChI is InChI=1S/C39H26N6/c1-3-13-27(14-4-1)36-42-37(28-15-5-2-6-16-28)44-38(43-36)31-19-11-17-29(25-31)30-18-12-20-32(26-30)45-35-23-8-7-21-33(35)41-39(45)34-22-9-10-24-40-34/h1-26H. The highest BCUT2D eigenvalue weighted by atomic mass is 15.1. The molecule has 45 heavy (non-hydrogen) atoms. The fourth-order valence-electron chi connectivity index (χ4n) is 5.55. The molecule has 0 amide bonds. The first kappa shape index (κ1) is 26.4. The summed E-state index contributed by atoms with van der Waals surface area (Å²) in [7, 11) is 0. The van der Waals surface area contributed by atoms with Crippen molar-refractivity contribution in [3.63, 3.8) is 0 Å². The average molecular weight is 579 g/mol. The quantitative estimate of drug-likeness (QED) is 0.197. The van der Waals surface area contributed by atoms with Gasteiger partial charge in [0.25, 0.3) is 0 Å². The molecule has 0 aliphatic heterocycles. The third kappa shape index (κ3) is 5.15. The van der Waals surface area contributed by atoms with Crippen LogP contribution in [0.3, 0.4) is 0 Å². The number of hydrogen-bond donors (Lipinski definition) is 0. The molecular formula is C39H26N6. The summed E-state index contributed by atoms with van der Waals surface area (Å²) in [5.41, 5.74) is 8.69. The van der Waals surface area contributed by atoms with Crippen LogP contribution in [-0.4, -0.2) is 29.5 Å². The summed E-state index contributed by atoms with van der Waals surface area (Å²) in [6, 6.07) is 51.0. The van der Waals surface area contributed by atoms with Gasteiger partial charge in [-0.2, -0.15) is 0 Å². The Morgan fingerprint density at radius 2 is 0.956 bits per heavy atom. The first-order valence-corrected chi connectivity index (χ1v) is 14.8. The van der Waals surface area contributed by atoms with Crippen molar-refractivity contribution in [1.29, 1.82) is 0 Å². The molecule has 8 rings (SSSR count). The van der Waals surface area contributed by atoms with Crippen LogP contribution in [0.2, 0.25) is 0 Å². The van der Waals surface area contributed by atoms with Gasteiger partial charge in [0.15, 0.2) is 23.3 Å². The molecule has 0 N–H and O–H groups in total. The van der Waals surface area contributed by atoms with Gasteiger partial charge in [0.2, 0.25) is 0 Å². The first-order valence-electron chi connectivity index (χ1n) is 14.8. The molecule has 3 heterocycles. The second-order valence-electron chi connectivity index (χ2n) is 10.6. The van der Waals surface area contributed by atoms with E-state index in [1.165, 1.54) is 0 Å². The Hall–Kier alpha value is -6.27. The van der Waals surface area contributed by atoms with Crippen molar-refractivity contribution < 1.29 is 0 Å². The molecule has 6 heteroatoms. The van der Waals surface area contributed by atoms with Gasteiger partial charge < -0.3 is 0 Å². The summed E-state index contributed by atoms with van der Waals surface area (Å²) in [5.74, 6) is 2.70. The monoisotopic (exact) mass is 578 g/mol. The van der Waals surface area contributed by atoms with E-state index in [9.17, 15) is 0 Å². The van der Waals surface area contributed by atoms with Crippen molar-refractivity contribution >= 4 is 11.0 Å². The summed E-state index contributed by atoms with van der Waals surface area (Å²) in [6.07, 6.45) is 1.80. The topological polar surface area (TPSA) is 69.4 Å². The van der Waals surface area contributed by atoms with Gasteiger partial charge in [0, 0.05) is 28.6 Å². The van der Waals surface area contributed by atoms with Crippen LogP contribution in [0.15, 0.2) is 158 Å². The molecule has 0 spiro atoms. The fraction of sp³-hybridized carbons (Fsp3) is 0. The van der Waals surface area contributed by atoms with Crippen LogP contribution in [0.25, 0.3) is 73.5 Å². The first-order chi connectivity index (χ1) is 22.3. The molecule has 0 unspecified atom stereocenters. The molecule has 3 aromatic heterocycles. The van der Waals surface area contributed by atoms with E-state index in [-0.39, 0.29) is 0 Å². The number of pyridine rings is 1.